The third-order valence-corrected chi connectivity index (χ3v) is 2.60. The molecule has 0 aliphatic carbocycles. The van der Waals surface area contributed by atoms with Crippen LogP contribution >= 0.6 is 22.6 Å². The van der Waals surface area contributed by atoms with Gasteiger partial charge in [-0.15, -0.1) is 0 Å². The van der Waals surface area contributed by atoms with Crippen molar-refractivity contribution in [2.24, 2.45) is 0 Å². The Morgan fingerprint density at radius 1 is 1.46 bits per heavy atom. The average Bonchev–Trinajstić information content (AvgIpc) is 2.12. The van der Waals surface area contributed by atoms with Crippen molar-refractivity contribution in [1.29, 1.82) is 0 Å². The highest BCUT2D eigenvalue weighted by molar-refractivity contribution is 14.1. The van der Waals surface area contributed by atoms with E-state index in [2.05, 4.69) is 29.5 Å². The Morgan fingerprint density at radius 2 is 2.23 bits per heavy atom. The summed E-state index contributed by atoms with van der Waals surface area (Å²) in [5.41, 5.74) is 0. The van der Waals surface area contributed by atoms with Gasteiger partial charge in [-0.3, -0.25) is 0 Å². The molecule has 0 aliphatic rings. The number of halogens is 1. The van der Waals surface area contributed by atoms with E-state index in [9.17, 15) is 5.11 Å². The third-order valence-electron chi connectivity index (χ3n) is 1.68. The van der Waals surface area contributed by atoms with Crippen molar-refractivity contribution in [3.63, 3.8) is 0 Å². The predicted octanol–water partition coefficient (Wildman–Crippen LogP) is 3.18. The molecule has 0 bridgehead atoms. The highest BCUT2D eigenvalue weighted by Gasteiger charge is 1.99. The molecule has 1 rings (SSSR count). The van der Waals surface area contributed by atoms with Gasteiger partial charge in [0.2, 0.25) is 0 Å². The van der Waals surface area contributed by atoms with Crippen molar-refractivity contribution >= 4 is 22.6 Å². The number of phenols is 1. The number of hydrogen-bond donors (Lipinski definition) is 1. The number of hydrogen-bond acceptors (Lipinski definition) is 2. The Bertz CT molecular complexity index is 274. The maximum absolute atomic E-state index is 9.37. The molecule has 0 heterocycles. The second-order valence-electron chi connectivity index (χ2n) is 2.82. The third kappa shape index (κ3) is 3.42. The molecule has 0 amide bonds. The van der Waals surface area contributed by atoms with Gasteiger partial charge >= 0.3 is 0 Å². The van der Waals surface area contributed by atoms with Crippen LogP contribution in [0, 0.1) is 3.57 Å². The molecule has 0 spiro atoms. The molecule has 3 heteroatoms. The summed E-state index contributed by atoms with van der Waals surface area (Å²) < 4.78 is 6.27. The Balaban J connectivity index is 2.53. The summed E-state index contributed by atoms with van der Waals surface area (Å²) >= 11 is 2.08. The summed E-state index contributed by atoms with van der Waals surface area (Å²) in [6.45, 7) is 2.84. The molecule has 1 N–H and O–H groups in total. The molecule has 0 unspecified atom stereocenters. The zero-order chi connectivity index (χ0) is 9.68. The van der Waals surface area contributed by atoms with Crippen molar-refractivity contribution in [2.45, 2.75) is 19.8 Å². The van der Waals surface area contributed by atoms with Crippen LogP contribution in [-0.2, 0) is 0 Å². The zero-order valence-corrected chi connectivity index (χ0v) is 9.74. The largest absolute Gasteiger partial charge is 0.507 e. The van der Waals surface area contributed by atoms with Gasteiger partial charge in [0, 0.05) is 6.07 Å². The highest BCUT2D eigenvalue weighted by Crippen LogP contribution is 2.24. The van der Waals surface area contributed by atoms with E-state index < -0.39 is 0 Å². The van der Waals surface area contributed by atoms with E-state index in [-0.39, 0.29) is 5.75 Å². The number of phenolic OH excluding ortho intramolecular Hbond substituents is 1. The molecule has 0 aliphatic heterocycles. The molecule has 0 radical (unpaired) electrons. The Kier molecular flexibility index (Phi) is 4.35. The lowest BCUT2D eigenvalue weighted by Crippen LogP contribution is -1.96. The van der Waals surface area contributed by atoms with Gasteiger partial charge in [-0.25, -0.2) is 0 Å². The van der Waals surface area contributed by atoms with Crippen molar-refractivity contribution in [3.8, 4) is 11.5 Å². The minimum absolute atomic E-state index is 0.287. The first-order valence-corrected chi connectivity index (χ1v) is 5.43. The summed E-state index contributed by atoms with van der Waals surface area (Å²) in [4.78, 5) is 0. The van der Waals surface area contributed by atoms with Crippen LogP contribution in [0.4, 0.5) is 0 Å². The van der Waals surface area contributed by atoms with E-state index in [0.29, 0.717) is 0 Å². The molecule has 1 aromatic carbocycles. The lowest BCUT2D eigenvalue weighted by atomic mass is 10.3. The summed E-state index contributed by atoms with van der Waals surface area (Å²) in [7, 11) is 0. The van der Waals surface area contributed by atoms with Gasteiger partial charge in [0.1, 0.15) is 11.5 Å². The zero-order valence-electron chi connectivity index (χ0n) is 7.59. The van der Waals surface area contributed by atoms with Crippen LogP contribution in [-0.4, -0.2) is 11.7 Å². The summed E-state index contributed by atoms with van der Waals surface area (Å²) in [6.07, 6.45) is 2.17. The van der Waals surface area contributed by atoms with E-state index in [4.69, 9.17) is 4.74 Å². The number of ether oxygens (including phenoxy) is 1. The predicted molar refractivity (Wildman–Crippen MR) is 61.2 cm³/mol. The molecular weight excluding hydrogens is 279 g/mol. The monoisotopic (exact) mass is 292 g/mol. The van der Waals surface area contributed by atoms with E-state index in [1.165, 1.54) is 0 Å². The number of aromatic hydroxyl groups is 1. The first-order chi connectivity index (χ1) is 6.24. The number of rotatable bonds is 4. The molecule has 0 saturated carbocycles. The van der Waals surface area contributed by atoms with Crippen molar-refractivity contribution < 1.29 is 9.84 Å². The maximum Gasteiger partial charge on any atom is 0.132 e. The normalized spacial score (nSPS) is 10.0. The number of unbranched alkanes of at least 4 members (excludes halogenated alkanes) is 1. The quantitative estimate of drug-likeness (QED) is 0.682. The molecule has 2 nitrogen and oxygen atoms in total. The molecule has 0 atom stereocenters. The van der Waals surface area contributed by atoms with Gasteiger partial charge in [-0.2, -0.15) is 0 Å². The smallest absolute Gasteiger partial charge is 0.132 e. The van der Waals surface area contributed by atoms with Crippen LogP contribution in [0.25, 0.3) is 0 Å². The molecule has 72 valence electrons. The number of benzene rings is 1. The Hall–Kier alpha value is -0.450. The molecule has 13 heavy (non-hydrogen) atoms. The average molecular weight is 292 g/mol. The second-order valence-corrected chi connectivity index (χ2v) is 3.98. The summed E-state index contributed by atoms with van der Waals surface area (Å²) in [5.74, 6) is 1.03. The highest BCUT2D eigenvalue weighted by atomic mass is 127. The van der Waals surface area contributed by atoms with Crippen LogP contribution in [0.2, 0.25) is 0 Å². The SMILES string of the molecule is CCCCOc1ccc(I)c(O)c1. The molecule has 0 saturated heterocycles. The van der Waals surface area contributed by atoms with E-state index >= 15 is 0 Å². The standard InChI is InChI=1S/C10H13IO2/c1-2-3-6-13-8-4-5-9(11)10(12)7-8/h4-5,7,12H,2-3,6H2,1H3. The molecule has 0 fully saturated rings. The second kappa shape index (κ2) is 5.32. The van der Waals surface area contributed by atoms with Crippen LogP contribution in [0.5, 0.6) is 11.5 Å². The first kappa shape index (κ1) is 10.6. The fourth-order valence-corrected chi connectivity index (χ4v) is 1.25. The topological polar surface area (TPSA) is 29.5 Å². The minimum Gasteiger partial charge on any atom is -0.507 e. The van der Waals surface area contributed by atoms with Crippen molar-refractivity contribution in [3.05, 3.63) is 21.8 Å². The van der Waals surface area contributed by atoms with Crippen LogP contribution < -0.4 is 4.74 Å². The van der Waals surface area contributed by atoms with Gasteiger partial charge in [-0.05, 0) is 41.1 Å². The van der Waals surface area contributed by atoms with Gasteiger partial charge in [0.05, 0.1) is 10.2 Å². The van der Waals surface area contributed by atoms with Crippen LogP contribution in [0.3, 0.4) is 0 Å². The Morgan fingerprint density at radius 3 is 2.85 bits per heavy atom. The summed E-state index contributed by atoms with van der Waals surface area (Å²) in [6, 6.07) is 5.37. The fourth-order valence-electron chi connectivity index (χ4n) is 0.917. The fraction of sp³-hybridized carbons (Fsp3) is 0.400. The molecule has 1 aromatic rings. The van der Waals surface area contributed by atoms with Gasteiger partial charge in [-0.1, -0.05) is 13.3 Å². The van der Waals surface area contributed by atoms with Crippen LogP contribution in [0.15, 0.2) is 18.2 Å². The lowest BCUT2D eigenvalue weighted by molar-refractivity contribution is 0.307. The molecular formula is C10H13IO2. The Labute approximate surface area is 92.1 Å². The molecule has 0 aromatic heterocycles. The van der Waals surface area contributed by atoms with Gasteiger partial charge < -0.3 is 9.84 Å². The maximum atomic E-state index is 9.37. The van der Waals surface area contributed by atoms with Gasteiger partial charge in [0.25, 0.3) is 0 Å². The minimum atomic E-state index is 0.287. The van der Waals surface area contributed by atoms with E-state index in [1.54, 1.807) is 6.07 Å². The summed E-state index contributed by atoms with van der Waals surface area (Å²) in [5, 5.41) is 9.37. The lowest BCUT2D eigenvalue weighted by Gasteiger charge is -2.05. The van der Waals surface area contributed by atoms with Gasteiger partial charge in [0.15, 0.2) is 0 Å². The van der Waals surface area contributed by atoms with Crippen molar-refractivity contribution in [2.75, 3.05) is 6.61 Å². The van der Waals surface area contributed by atoms with E-state index in [0.717, 1.165) is 28.8 Å². The first-order valence-electron chi connectivity index (χ1n) is 4.35. The van der Waals surface area contributed by atoms with Crippen LogP contribution in [0.1, 0.15) is 19.8 Å². The van der Waals surface area contributed by atoms with E-state index in [1.807, 2.05) is 12.1 Å². The van der Waals surface area contributed by atoms with Crippen molar-refractivity contribution in [1.82, 2.24) is 0 Å².